The summed E-state index contributed by atoms with van der Waals surface area (Å²) in [5.41, 5.74) is 3.82. The molecule has 0 bridgehead atoms. The van der Waals surface area contributed by atoms with Crippen LogP contribution in [0.2, 0.25) is 0 Å². The molecule has 2 unspecified atom stereocenters. The number of hydrogen-bond acceptors (Lipinski definition) is 2. The van der Waals surface area contributed by atoms with Crippen molar-refractivity contribution < 1.29 is 18.4 Å². The van der Waals surface area contributed by atoms with E-state index in [1.54, 1.807) is 47.9 Å². The molecule has 2 atom stereocenters. The molecule has 4 nitrogen and oxygen atoms in total. The molecular weight excluding hydrogens is 506 g/mol. The molecule has 1 saturated heterocycles. The van der Waals surface area contributed by atoms with Crippen LogP contribution in [0, 0.1) is 11.6 Å². The largest absolute Gasteiger partial charge is 0.339 e. The molecule has 2 amide bonds. The lowest BCUT2D eigenvalue weighted by Gasteiger charge is -2.37. The quantitative estimate of drug-likeness (QED) is 0.269. The molecule has 0 spiro atoms. The minimum atomic E-state index is -0.508. The normalized spacial score (nSPS) is 15.0. The zero-order valence-electron chi connectivity index (χ0n) is 22.7. The summed E-state index contributed by atoms with van der Waals surface area (Å²) in [6, 6.07) is 28.5. The number of nitrogens with zero attached hydrogens (tertiary/aromatic N) is 2. The van der Waals surface area contributed by atoms with Crippen LogP contribution in [0.4, 0.5) is 8.78 Å². The van der Waals surface area contributed by atoms with Crippen LogP contribution < -0.4 is 0 Å². The monoisotopic (exact) mass is 538 g/mol. The van der Waals surface area contributed by atoms with Crippen molar-refractivity contribution in [2.24, 2.45) is 0 Å². The maximum absolute atomic E-state index is 14.9. The molecule has 5 rings (SSSR count). The van der Waals surface area contributed by atoms with Gasteiger partial charge in [-0.05, 0) is 48.2 Å². The maximum atomic E-state index is 14.9. The fourth-order valence-corrected chi connectivity index (χ4v) is 5.29. The number of rotatable bonds is 6. The Bertz CT molecular complexity index is 1380. The number of carbonyl (C=O) groups excluding carboxylic acids is 2. The van der Waals surface area contributed by atoms with Crippen molar-refractivity contribution >= 4 is 11.8 Å². The summed E-state index contributed by atoms with van der Waals surface area (Å²) in [7, 11) is 0. The summed E-state index contributed by atoms with van der Waals surface area (Å²) in [5.74, 6) is -1.92. The fourth-order valence-electron chi connectivity index (χ4n) is 5.29. The number of hydrogen-bond donors (Lipinski definition) is 0. The predicted molar refractivity (Wildman–Crippen MR) is 154 cm³/mol. The highest BCUT2D eigenvalue weighted by atomic mass is 19.1. The van der Waals surface area contributed by atoms with Gasteiger partial charge >= 0.3 is 0 Å². The minimum absolute atomic E-state index is 0.0921. The third-order valence-corrected chi connectivity index (χ3v) is 7.80. The number of carbonyl (C=O) groups is 2. The second kappa shape index (κ2) is 11.8. The van der Waals surface area contributed by atoms with E-state index in [0.29, 0.717) is 48.4 Å². The summed E-state index contributed by atoms with van der Waals surface area (Å²) < 4.78 is 29.8. The number of halogens is 2. The predicted octanol–water partition coefficient (Wildman–Crippen LogP) is 6.88. The Morgan fingerprint density at radius 1 is 0.575 bits per heavy atom. The molecule has 6 heteroatoms. The van der Waals surface area contributed by atoms with Crippen LogP contribution >= 0.6 is 0 Å². The Balaban J connectivity index is 1.19. The van der Waals surface area contributed by atoms with Gasteiger partial charge in [-0.25, -0.2) is 8.78 Å². The molecule has 0 aromatic heterocycles. The van der Waals surface area contributed by atoms with Crippen molar-refractivity contribution in [2.45, 2.75) is 25.7 Å². The smallest absolute Gasteiger partial charge is 0.229 e. The maximum Gasteiger partial charge on any atom is 0.229 e. The standard InChI is InChI=1S/C34H32F2N2O2/c1-23(27-13-15-29(31(35)21-27)25-9-5-3-6-10-25)33(39)37-17-19-38(20-18-37)34(40)24(2)28-14-16-30(32(36)22-28)26-11-7-4-8-12-26/h3-16,21-24H,17-20H2,1-2H3. The Kier molecular flexibility index (Phi) is 8.06. The molecule has 1 fully saturated rings. The van der Waals surface area contributed by atoms with Crippen molar-refractivity contribution in [3.8, 4) is 22.3 Å². The number of piperazine rings is 1. The van der Waals surface area contributed by atoms with E-state index in [-0.39, 0.29) is 23.4 Å². The third-order valence-electron chi connectivity index (χ3n) is 7.80. The van der Waals surface area contributed by atoms with Gasteiger partial charge in [-0.15, -0.1) is 0 Å². The van der Waals surface area contributed by atoms with E-state index in [9.17, 15) is 18.4 Å². The Hall–Kier alpha value is -4.32. The first-order valence-electron chi connectivity index (χ1n) is 13.6. The second-order valence-electron chi connectivity index (χ2n) is 10.3. The summed E-state index contributed by atoms with van der Waals surface area (Å²) in [6.45, 7) is 5.15. The SMILES string of the molecule is CC(C(=O)N1CCN(C(=O)C(C)c2ccc(-c3ccccc3)c(F)c2)CC1)c1ccc(-c2ccccc2)c(F)c1. The van der Waals surface area contributed by atoms with E-state index >= 15 is 0 Å². The van der Waals surface area contributed by atoms with Crippen molar-refractivity contribution in [2.75, 3.05) is 26.2 Å². The molecule has 204 valence electrons. The number of amides is 2. The van der Waals surface area contributed by atoms with Crippen LogP contribution in [0.15, 0.2) is 97.1 Å². The van der Waals surface area contributed by atoms with Gasteiger partial charge in [0.2, 0.25) is 11.8 Å². The van der Waals surface area contributed by atoms with Gasteiger partial charge in [-0.1, -0.05) is 84.9 Å². The van der Waals surface area contributed by atoms with Gasteiger partial charge < -0.3 is 9.80 Å². The lowest BCUT2D eigenvalue weighted by atomic mass is 9.95. The van der Waals surface area contributed by atoms with E-state index in [1.165, 1.54) is 12.1 Å². The minimum Gasteiger partial charge on any atom is -0.339 e. The Morgan fingerprint density at radius 2 is 0.925 bits per heavy atom. The average Bonchev–Trinajstić information content (AvgIpc) is 3.00. The molecule has 0 aliphatic carbocycles. The van der Waals surface area contributed by atoms with Crippen LogP contribution in [-0.4, -0.2) is 47.8 Å². The van der Waals surface area contributed by atoms with E-state index in [0.717, 1.165) is 11.1 Å². The molecule has 0 N–H and O–H groups in total. The highest BCUT2D eigenvalue weighted by molar-refractivity contribution is 5.86. The summed E-state index contributed by atoms with van der Waals surface area (Å²) in [6.07, 6.45) is 0. The lowest BCUT2D eigenvalue weighted by Crippen LogP contribution is -2.52. The second-order valence-corrected chi connectivity index (χ2v) is 10.3. The Labute approximate surface area is 233 Å². The molecule has 4 aromatic carbocycles. The summed E-state index contributed by atoms with van der Waals surface area (Å²) in [4.78, 5) is 29.9. The van der Waals surface area contributed by atoms with E-state index in [4.69, 9.17) is 0 Å². The highest BCUT2D eigenvalue weighted by Crippen LogP contribution is 2.29. The molecule has 0 radical (unpaired) electrons. The van der Waals surface area contributed by atoms with Crippen molar-refractivity contribution in [1.29, 1.82) is 0 Å². The first-order valence-corrected chi connectivity index (χ1v) is 13.6. The van der Waals surface area contributed by atoms with Crippen molar-refractivity contribution in [3.63, 3.8) is 0 Å². The van der Waals surface area contributed by atoms with Crippen LogP contribution in [0.5, 0.6) is 0 Å². The topological polar surface area (TPSA) is 40.6 Å². The van der Waals surface area contributed by atoms with Gasteiger partial charge in [0.25, 0.3) is 0 Å². The van der Waals surface area contributed by atoms with Crippen molar-refractivity contribution in [3.05, 3.63) is 120 Å². The van der Waals surface area contributed by atoms with Gasteiger partial charge in [0.15, 0.2) is 0 Å². The lowest BCUT2D eigenvalue weighted by molar-refractivity contribution is -0.140. The molecule has 4 aromatic rings. The zero-order valence-corrected chi connectivity index (χ0v) is 22.7. The molecule has 1 aliphatic heterocycles. The van der Waals surface area contributed by atoms with Gasteiger partial charge in [0, 0.05) is 37.3 Å². The van der Waals surface area contributed by atoms with Gasteiger partial charge in [-0.2, -0.15) is 0 Å². The van der Waals surface area contributed by atoms with Crippen LogP contribution in [0.3, 0.4) is 0 Å². The van der Waals surface area contributed by atoms with Crippen LogP contribution in [-0.2, 0) is 9.59 Å². The molecule has 40 heavy (non-hydrogen) atoms. The summed E-state index contributed by atoms with van der Waals surface area (Å²) >= 11 is 0. The first-order chi connectivity index (χ1) is 19.3. The Morgan fingerprint density at radius 3 is 1.25 bits per heavy atom. The van der Waals surface area contributed by atoms with Gasteiger partial charge in [-0.3, -0.25) is 9.59 Å². The van der Waals surface area contributed by atoms with Gasteiger partial charge in [0.05, 0.1) is 11.8 Å². The average molecular weight is 539 g/mol. The fraction of sp³-hybridized carbons (Fsp3) is 0.235. The van der Waals surface area contributed by atoms with E-state index < -0.39 is 11.8 Å². The molecule has 1 heterocycles. The zero-order chi connectivity index (χ0) is 28.2. The van der Waals surface area contributed by atoms with Crippen LogP contribution in [0.1, 0.15) is 36.8 Å². The highest BCUT2D eigenvalue weighted by Gasteiger charge is 2.30. The first kappa shape index (κ1) is 27.3. The molecular formula is C34H32F2N2O2. The van der Waals surface area contributed by atoms with Crippen molar-refractivity contribution in [1.82, 2.24) is 9.80 Å². The van der Waals surface area contributed by atoms with Gasteiger partial charge in [0.1, 0.15) is 11.6 Å². The number of benzene rings is 4. The van der Waals surface area contributed by atoms with E-state index in [1.807, 2.05) is 60.7 Å². The van der Waals surface area contributed by atoms with E-state index in [2.05, 4.69) is 0 Å². The summed E-state index contributed by atoms with van der Waals surface area (Å²) in [5, 5.41) is 0. The third kappa shape index (κ3) is 5.67. The van der Waals surface area contributed by atoms with Crippen LogP contribution in [0.25, 0.3) is 22.3 Å². The molecule has 0 saturated carbocycles. The molecule has 1 aliphatic rings.